The maximum atomic E-state index is 11.9. The van der Waals surface area contributed by atoms with Crippen molar-refractivity contribution < 1.29 is 24.1 Å². The Morgan fingerprint density at radius 3 is 2.40 bits per heavy atom. The molecule has 0 bridgehead atoms. The molecule has 2 aromatic carbocycles. The molecular weight excluding hydrogens is 440 g/mol. The number of cyclic esters (lactones) is 1. The highest BCUT2D eigenvalue weighted by atomic mass is 16.5. The van der Waals surface area contributed by atoms with Crippen LogP contribution in [0.25, 0.3) is 0 Å². The molecule has 35 heavy (non-hydrogen) atoms. The Labute approximate surface area is 209 Å². The molecule has 1 N–H and O–H groups in total. The smallest absolute Gasteiger partial charge is 0.308 e. The number of esters is 1. The molecule has 0 amide bonds. The molecule has 2 atom stereocenters. The summed E-state index contributed by atoms with van der Waals surface area (Å²) in [5.74, 6) is 2.16. The van der Waals surface area contributed by atoms with E-state index in [4.69, 9.17) is 14.2 Å². The summed E-state index contributed by atoms with van der Waals surface area (Å²) in [5.41, 5.74) is 5.67. The van der Waals surface area contributed by atoms with Gasteiger partial charge in [-0.3, -0.25) is 4.79 Å². The highest BCUT2D eigenvalue weighted by Crippen LogP contribution is 2.51. The Kier molecular flexibility index (Phi) is 7.46. The third-order valence-corrected chi connectivity index (χ3v) is 7.00. The van der Waals surface area contributed by atoms with Crippen molar-refractivity contribution in [1.82, 2.24) is 0 Å². The van der Waals surface area contributed by atoms with Crippen LogP contribution in [-0.4, -0.2) is 28.9 Å². The molecule has 1 fully saturated rings. The predicted molar refractivity (Wildman–Crippen MR) is 137 cm³/mol. The minimum Gasteiger partial charge on any atom is -0.488 e. The molecular formula is C30H40O5. The van der Waals surface area contributed by atoms with Gasteiger partial charge in [-0.25, -0.2) is 0 Å². The summed E-state index contributed by atoms with van der Waals surface area (Å²) in [6, 6.07) is 10.3. The molecule has 2 aromatic rings. The maximum absolute atomic E-state index is 11.9. The zero-order valence-corrected chi connectivity index (χ0v) is 22.0. The Bertz CT molecular complexity index is 1050. The van der Waals surface area contributed by atoms with Gasteiger partial charge in [-0.05, 0) is 44.1 Å². The second-order valence-corrected chi connectivity index (χ2v) is 11.3. The van der Waals surface area contributed by atoms with Gasteiger partial charge in [-0.15, -0.1) is 0 Å². The standard InChI is InChI=1S/C30H40O5/c1-18(2)26-23(13-12-22-14-21(31)15-25(32)34-22)28-24(16-30(5,6)35-28)27(19(3)4)29(26)33-17-20-10-8-7-9-11-20/h7-11,18-19,21-22,31H,12-17H2,1-6H3. The van der Waals surface area contributed by atoms with Crippen molar-refractivity contribution in [2.45, 2.75) is 110 Å². The van der Waals surface area contributed by atoms with Crippen molar-refractivity contribution in [2.24, 2.45) is 0 Å². The molecule has 0 radical (unpaired) electrons. The SMILES string of the molecule is CC(C)c1c(CCC2CC(O)CC(=O)O2)c2c(c(C(C)C)c1OCc1ccccc1)CC(C)(C)O2. The van der Waals surface area contributed by atoms with Crippen molar-refractivity contribution in [3.05, 3.63) is 58.1 Å². The quantitative estimate of drug-likeness (QED) is 0.454. The first-order valence-electron chi connectivity index (χ1n) is 13.0. The number of fused-ring (bicyclic) bond motifs is 1. The van der Waals surface area contributed by atoms with Gasteiger partial charge in [0.05, 0.1) is 12.5 Å². The molecule has 2 aliphatic heterocycles. The predicted octanol–water partition coefficient (Wildman–Crippen LogP) is 6.23. The number of aliphatic hydroxyl groups is 1. The molecule has 5 nitrogen and oxygen atoms in total. The molecule has 2 aliphatic rings. The normalized spacial score (nSPS) is 21.1. The largest absolute Gasteiger partial charge is 0.488 e. The van der Waals surface area contributed by atoms with Gasteiger partial charge in [-0.2, -0.15) is 0 Å². The third kappa shape index (κ3) is 5.66. The molecule has 0 aromatic heterocycles. The fourth-order valence-electron chi connectivity index (χ4n) is 5.58. The summed E-state index contributed by atoms with van der Waals surface area (Å²) in [6.07, 6.45) is 1.85. The number of ether oxygens (including phenoxy) is 3. The summed E-state index contributed by atoms with van der Waals surface area (Å²) in [7, 11) is 0. The van der Waals surface area contributed by atoms with E-state index in [-0.39, 0.29) is 35.9 Å². The first kappa shape index (κ1) is 25.6. The lowest BCUT2D eigenvalue weighted by Gasteiger charge is -2.29. The van der Waals surface area contributed by atoms with E-state index in [0.29, 0.717) is 25.9 Å². The molecule has 5 heteroatoms. The van der Waals surface area contributed by atoms with Crippen molar-refractivity contribution in [3.8, 4) is 11.5 Å². The van der Waals surface area contributed by atoms with E-state index in [1.54, 1.807) is 0 Å². The van der Waals surface area contributed by atoms with Crippen LogP contribution in [0.15, 0.2) is 30.3 Å². The number of aliphatic hydroxyl groups excluding tert-OH is 1. The number of carbonyl (C=O) groups excluding carboxylic acids is 1. The summed E-state index contributed by atoms with van der Waals surface area (Å²) in [6.45, 7) is 13.6. The van der Waals surface area contributed by atoms with Crippen LogP contribution in [0.4, 0.5) is 0 Å². The van der Waals surface area contributed by atoms with E-state index in [0.717, 1.165) is 29.0 Å². The average Bonchev–Trinajstić information content (AvgIpc) is 3.09. The molecule has 2 unspecified atom stereocenters. The highest BCUT2D eigenvalue weighted by Gasteiger charge is 2.39. The first-order valence-corrected chi connectivity index (χ1v) is 13.0. The fourth-order valence-corrected chi connectivity index (χ4v) is 5.58. The van der Waals surface area contributed by atoms with Crippen molar-refractivity contribution in [3.63, 3.8) is 0 Å². The zero-order chi connectivity index (χ0) is 25.3. The van der Waals surface area contributed by atoms with E-state index >= 15 is 0 Å². The van der Waals surface area contributed by atoms with Crippen molar-refractivity contribution >= 4 is 5.97 Å². The summed E-state index contributed by atoms with van der Waals surface area (Å²) in [5, 5.41) is 10.1. The number of carbonyl (C=O) groups is 1. The van der Waals surface area contributed by atoms with Gasteiger partial charge in [0.25, 0.3) is 0 Å². The monoisotopic (exact) mass is 480 g/mol. The van der Waals surface area contributed by atoms with Crippen molar-refractivity contribution in [1.29, 1.82) is 0 Å². The molecule has 2 heterocycles. The first-order chi connectivity index (χ1) is 16.6. The third-order valence-electron chi connectivity index (χ3n) is 7.00. The fraction of sp³-hybridized carbons (Fsp3) is 0.567. The lowest BCUT2D eigenvalue weighted by Crippen LogP contribution is -2.33. The van der Waals surface area contributed by atoms with Crippen LogP contribution in [0, 0.1) is 0 Å². The Morgan fingerprint density at radius 2 is 1.77 bits per heavy atom. The maximum Gasteiger partial charge on any atom is 0.308 e. The van der Waals surface area contributed by atoms with E-state index in [1.165, 1.54) is 16.7 Å². The molecule has 190 valence electrons. The van der Waals surface area contributed by atoms with Crippen LogP contribution >= 0.6 is 0 Å². The van der Waals surface area contributed by atoms with Gasteiger partial charge in [0.2, 0.25) is 0 Å². The van der Waals surface area contributed by atoms with Gasteiger partial charge in [0.1, 0.15) is 29.8 Å². The number of benzene rings is 2. The van der Waals surface area contributed by atoms with E-state index in [9.17, 15) is 9.90 Å². The van der Waals surface area contributed by atoms with E-state index in [2.05, 4.69) is 53.7 Å². The van der Waals surface area contributed by atoms with Crippen LogP contribution in [-0.2, 0) is 29.0 Å². The zero-order valence-electron chi connectivity index (χ0n) is 22.0. The van der Waals surface area contributed by atoms with Gasteiger partial charge in [-0.1, -0.05) is 58.0 Å². The molecule has 0 aliphatic carbocycles. The minimum absolute atomic E-state index is 0.0843. The molecule has 0 spiro atoms. The lowest BCUT2D eigenvalue weighted by atomic mass is 9.82. The Balaban J connectivity index is 1.77. The lowest BCUT2D eigenvalue weighted by molar-refractivity contribution is -0.160. The second-order valence-electron chi connectivity index (χ2n) is 11.3. The van der Waals surface area contributed by atoms with Crippen molar-refractivity contribution in [2.75, 3.05) is 0 Å². The van der Waals surface area contributed by atoms with Gasteiger partial charge < -0.3 is 19.3 Å². The topological polar surface area (TPSA) is 65.0 Å². The van der Waals surface area contributed by atoms with Gasteiger partial charge in [0.15, 0.2) is 0 Å². The van der Waals surface area contributed by atoms with Crippen LogP contribution in [0.2, 0.25) is 0 Å². The van der Waals surface area contributed by atoms with Crippen LogP contribution in [0.5, 0.6) is 11.5 Å². The minimum atomic E-state index is -0.625. The van der Waals surface area contributed by atoms with Crippen LogP contribution in [0.3, 0.4) is 0 Å². The van der Waals surface area contributed by atoms with E-state index < -0.39 is 6.10 Å². The Morgan fingerprint density at radius 1 is 1.09 bits per heavy atom. The highest BCUT2D eigenvalue weighted by molar-refractivity contribution is 5.71. The van der Waals surface area contributed by atoms with Gasteiger partial charge in [0, 0.05) is 35.1 Å². The van der Waals surface area contributed by atoms with Gasteiger partial charge >= 0.3 is 5.97 Å². The Hall–Kier alpha value is -2.53. The molecule has 0 saturated carbocycles. The molecule has 1 saturated heterocycles. The second kappa shape index (κ2) is 10.2. The number of rotatable bonds is 8. The van der Waals surface area contributed by atoms with Crippen LogP contribution in [0.1, 0.15) is 100 Å². The number of hydrogen-bond acceptors (Lipinski definition) is 5. The summed E-state index contributed by atoms with van der Waals surface area (Å²) < 4.78 is 18.8. The average molecular weight is 481 g/mol. The molecule has 4 rings (SSSR count). The van der Waals surface area contributed by atoms with Crippen LogP contribution < -0.4 is 9.47 Å². The van der Waals surface area contributed by atoms with E-state index in [1.807, 2.05) is 18.2 Å². The summed E-state index contributed by atoms with van der Waals surface area (Å²) in [4.78, 5) is 11.9. The number of hydrogen-bond donors (Lipinski definition) is 1. The summed E-state index contributed by atoms with van der Waals surface area (Å²) >= 11 is 0.